The molecular formula is C15H31N3. The van der Waals surface area contributed by atoms with Gasteiger partial charge in [-0.2, -0.15) is 0 Å². The van der Waals surface area contributed by atoms with E-state index >= 15 is 0 Å². The second-order valence-corrected chi connectivity index (χ2v) is 5.95. The van der Waals surface area contributed by atoms with Crippen LogP contribution >= 0.6 is 0 Å². The van der Waals surface area contributed by atoms with Crippen molar-refractivity contribution >= 4 is 0 Å². The van der Waals surface area contributed by atoms with E-state index in [9.17, 15) is 0 Å². The van der Waals surface area contributed by atoms with Gasteiger partial charge in [0.05, 0.1) is 0 Å². The van der Waals surface area contributed by atoms with Crippen LogP contribution in [0.1, 0.15) is 46.0 Å². The Morgan fingerprint density at radius 3 is 2.50 bits per heavy atom. The van der Waals surface area contributed by atoms with E-state index in [4.69, 9.17) is 0 Å². The Kier molecular flexibility index (Phi) is 5.93. The highest BCUT2D eigenvalue weighted by molar-refractivity contribution is 4.85. The van der Waals surface area contributed by atoms with Crippen LogP contribution in [0.4, 0.5) is 0 Å². The van der Waals surface area contributed by atoms with E-state index in [-0.39, 0.29) is 0 Å². The molecule has 2 rings (SSSR count). The minimum Gasteiger partial charge on any atom is -0.313 e. The molecule has 1 N–H and O–H groups in total. The molecule has 2 fully saturated rings. The zero-order valence-electron chi connectivity index (χ0n) is 12.3. The average molecular weight is 253 g/mol. The van der Waals surface area contributed by atoms with Gasteiger partial charge in [0.15, 0.2) is 0 Å². The third kappa shape index (κ3) is 3.94. The maximum Gasteiger partial charge on any atom is 0.0235 e. The van der Waals surface area contributed by atoms with Crippen LogP contribution in [0.2, 0.25) is 0 Å². The minimum atomic E-state index is 0.724. The van der Waals surface area contributed by atoms with Crippen LogP contribution in [0.15, 0.2) is 0 Å². The van der Waals surface area contributed by atoms with Gasteiger partial charge in [0, 0.05) is 31.7 Å². The maximum atomic E-state index is 3.68. The fraction of sp³-hybridized carbons (Fsp3) is 1.00. The van der Waals surface area contributed by atoms with Gasteiger partial charge in [-0.05, 0) is 51.7 Å². The highest BCUT2D eigenvalue weighted by Crippen LogP contribution is 2.19. The Morgan fingerprint density at radius 1 is 1.11 bits per heavy atom. The van der Waals surface area contributed by atoms with Crippen molar-refractivity contribution in [1.82, 2.24) is 15.1 Å². The first-order chi connectivity index (χ1) is 8.83. The van der Waals surface area contributed by atoms with Gasteiger partial charge in [0.2, 0.25) is 0 Å². The molecule has 0 aromatic rings. The summed E-state index contributed by atoms with van der Waals surface area (Å²) in [6.45, 7) is 12.3. The molecule has 0 spiro atoms. The van der Waals surface area contributed by atoms with Gasteiger partial charge in [-0.3, -0.25) is 4.90 Å². The molecule has 106 valence electrons. The number of hydrogen-bond acceptors (Lipinski definition) is 3. The lowest BCUT2D eigenvalue weighted by Gasteiger charge is -2.24. The molecule has 2 aliphatic heterocycles. The number of rotatable bonds is 7. The van der Waals surface area contributed by atoms with Crippen molar-refractivity contribution in [1.29, 1.82) is 0 Å². The molecule has 0 bridgehead atoms. The van der Waals surface area contributed by atoms with Crippen LogP contribution in [0.25, 0.3) is 0 Å². The number of hydrogen-bond donors (Lipinski definition) is 1. The summed E-state index contributed by atoms with van der Waals surface area (Å²) in [5, 5.41) is 3.68. The molecule has 2 saturated heterocycles. The topological polar surface area (TPSA) is 18.5 Å². The average Bonchev–Trinajstić information content (AvgIpc) is 3.05. The third-order valence-corrected chi connectivity index (χ3v) is 4.75. The maximum absolute atomic E-state index is 3.68. The second kappa shape index (κ2) is 7.46. The van der Waals surface area contributed by atoms with Crippen molar-refractivity contribution in [2.75, 3.05) is 39.3 Å². The largest absolute Gasteiger partial charge is 0.313 e. The molecule has 0 radical (unpaired) electrons. The Morgan fingerprint density at radius 2 is 1.83 bits per heavy atom. The Labute approximate surface area is 113 Å². The first-order valence-corrected chi connectivity index (χ1v) is 8.03. The van der Waals surface area contributed by atoms with Crippen molar-refractivity contribution in [3.63, 3.8) is 0 Å². The zero-order chi connectivity index (χ0) is 12.8. The van der Waals surface area contributed by atoms with Crippen LogP contribution in [-0.4, -0.2) is 61.2 Å². The van der Waals surface area contributed by atoms with E-state index in [1.807, 2.05) is 0 Å². The van der Waals surface area contributed by atoms with Gasteiger partial charge in [-0.1, -0.05) is 13.8 Å². The van der Waals surface area contributed by atoms with Crippen molar-refractivity contribution in [2.45, 2.75) is 58.0 Å². The molecule has 2 aliphatic rings. The third-order valence-electron chi connectivity index (χ3n) is 4.75. The van der Waals surface area contributed by atoms with Crippen LogP contribution in [0, 0.1) is 0 Å². The lowest BCUT2D eigenvalue weighted by molar-refractivity contribution is 0.231. The Balaban J connectivity index is 1.60. The summed E-state index contributed by atoms with van der Waals surface area (Å²) in [5.41, 5.74) is 0. The molecule has 0 amide bonds. The standard InChI is InChI=1S/C15H31N3/c1-3-14(4-2)16-8-12-17-11-7-15(13-17)18-9-5-6-10-18/h14-16H,3-13H2,1-2H3. The van der Waals surface area contributed by atoms with Gasteiger partial charge < -0.3 is 10.2 Å². The van der Waals surface area contributed by atoms with Gasteiger partial charge in [0.1, 0.15) is 0 Å². The fourth-order valence-corrected chi connectivity index (χ4v) is 3.42. The van der Waals surface area contributed by atoms with Crippen LogP contribution in [0.3, 0.4) is 0 Å². The van der Waals surface area contributed by atoms with E-state index in [2.05, 4.69) is 29.0 Å². The molecule has 0 aromatic heterocycles. The second-order valence-electron chi connectivity index (χ2n) is 5.95. The van der Waals surface area contributed by atoms with Gasteiger partial charge in [-0.25, -0.2) is 0 Å². The van der Waals surface area contributed by atoms with E-state index in [0.717, 1.165) is 12.1 Å². The highest BCUT2D eigenvalue weighted by Gasteiger charge is 2.28. The molecule has 0 aliphatic carbocycles. The predicted octanol–water partition coefficient (Wildman–Crippen LogP) is 1.93. The lowest BCUT2D eigenvalue weighted by Crippen LogP contribution is -2.38. The minimum absolute atomic E-state index is 0.724. The SMILES string of the molecule is CCC(CC)NCCN1CCC(N2CCCC2)C1. The molecular weight excluding hydrogens is 222 g/mol. The summed E-state index contributed by atoms with van der Waals surface area (Å²) in [5.74, 6) is 0. The summed E-state index contributed by atoms with van der Waals surface area (Å²) in [6.07, 6.45) is 6.75. The molecule has 3 nitrogen and oxygen atoms in total. The monoisotopic (exact) mass is 253 g/mol. The Bertz CT molecular complexity index is 222. The van der Waals surface area contributed by atoms with Gasteiger partial charge in [0.25, 0.3) is 0 Å². The molecule has 2 heterocycles. The Hall–Kier alpha value is -0.120. The predicted molar refractivity (Wildman–Crippen MR) is 78.0 cm³/mol. The van der Waals surface area contributed by atoms with E-state index in [0.29, 0.717) is 0 Å². The normalized spacial score (nSPS) is 26.5. The highest BCUT2D eigenvalue weighted by atomic mass is 15.3. The summed E-state index contributed by atoms with van der Waals surface area (Å²) in [7, 11) is 0. The van der Waals surface area contributed by atoms with Crippen molar-refractivity contribution in [3.05, 3.63) is 0 Å². The molecule has 18 heavy (non-hydrogen) atoms. The molecule has 0 saturated carbocycles. The van der Waals surface area contributed by atoms with Gasteiger partial charge >= 0.3 is 0 Å². The van der Waals surface area contributed by atoms with E-state index in [1.54, 1.807) is 0 Å². The number of nitrogens with one attached hydrogen (secondary N) is 1. The van der Waals surface area contributed by atoms with Crippen molar-refractivity contribution in [2.24, 2.45) is 0 Å². The van der Waals surface area contributed by atoms with E-state index in [1.165, 1.54) is 71.4 Å². The lowest BCUT2D eigenvalue weighted by atomic mass is 10.2. The smallest absolute Gasteiger partial charge is 0.0235 e. The van der Waals surface area contributed by atoms with Crippen molar-refractivity contribution in [3.8, 4) is 0 Å². The number of nitrogens with zero attached hydrogens (tertiary/aromatic N) is 2. The number of likely N-dealkylation sites (tertiary alicyclic amines) is 2. The first kappa shape index (κ1) is 14.3. The zero-order valence-corrected chi connectivity index (χ0v) is 12.3. The van der Waals surface area contributed by atoms with Crippen LogP contribution in [0.5, 0.6) is 0 Å². The summed E-state index contributed by atoms with van der Waals surface area (Å²) in [6, 6.07) is 1.59. The van der Waals surface area contributed by atoms with Crippen molar-refractivity contribution < 1.29 is 0 Å². The quantitative estimate of drug-likeness (QED) is 0.748. The van der Waals surface area contributed by atoms with Crippen LogP contribution in [-0.2, 0) is 0 Å². The molecule has 0 aromatic carbocycles. The molecule has 1 atom stereocenters. The van der Waals surface area contributed by atoms with Crippen LogP contribution < -0.4 is 5.32 Å². The summed E-state index contributed by atoms with van der Waals surface area (Å²) < 4.78 is 0. The molecule has 3 heteroatoms. The molecule has 1 unspecified atom stereocenters. The summed E-state index contributed by atoms with van der Waals surface area (Å²) in [4.78, 5) is 5.37. The fourth-order valence-electron chi connectivity index (χ4n) is 3.42. The first-order valence-electron chi connectivity index (χ1n) is 8.03. The van der Waals surface area contributed by atoms with E-state index < -0.39 is 0 Å². The van der Waals surface area contributed by atoms with Gasteiger partial charge in [-0.15, -0.1) is 0 Å². The summed E-state index contributed by atoms with van der Waals surface area (Å²) >= 11 is 0.